The van der Waals surface area contributed by atoms with Gasteiger partial charge in [0.1, 0.15) is 5.31 Å². The van der Waals surface area contributed by atoms with E-state index in [1.54, 1.807) is 13.0 Å². The molecule has 0 aromatic carbocycles. The van der Waals surface area contributed by atoms with Crippen molar-refractivity contribution in [2.24, 2.45) is 0 Å². The fraction of sp³-hybridized carbons (Fsp3) is 0.625. The zero-order valence-electron chi connectivity index (χ0n) is 8.27. The first kappa shape index (κ1) is 12.6. The number of aliphatic hydroxyl groups is 1. The largest absolute Gasteiger partial charge is 0.388 e. The number of hydrogen-bond donors (Lipinski definition) is 1. The molecule has 1 unspecified atom stereocenters. The van der Waals surface area contributed by atoms with Gasteiger partial charge in [0, 0.05) is 14.2 Å². The second kappa shape index (κ2) is 5.38. The predicted molar refractivity (Wildman–Crippen MR) is 50.6 cm³/mol. The predicted octanol–water partition coefficient (Wildman–Crippen LogP) is 1.91. The monoisotopic (exact) mass is 206 g/mol. The molecule has 0 aromatic rings. The summed E-state index contributed by atoms with van der Waals surface area (Å²) >= 11 is 0. The van der Waals surface area contributed by atoms with Crippen LogP contribution in [0.4, 0.5) is 0 Å². The Morgan fingerprint density at radius 2 is 2.00 bits per heavy atom. The van der Waals surface area contributed by atoms with Gasteiger partial charge in [-0.2, -0.15) is 0 Å². The molecular formula is C8H15O4P. The standard InChI is InChI=1S/C8H15O4P/c1-5-6-8(7(2)9)13(10,11-3)12-4/h5,7,9H,1-4H3. The van der Waals surface area contributed by atoms with Gasteiger partial charge in [0.05, 0.1) is 6.10 Å². The summed E-state index contributed by atoms with van der Waals surface area (Å²) in [6.07, 6.45) is 0.647. The van der Waals surface area contributed by atoms with Crippen molar-refractivity contribution in [2.75, 3.05) is 14.2 Å². The molecule has 0 fully saturated rings. The van der Waals surface area contributed by atoms with E-state index in [0.29, 0.717) is 0 Å². The zero-order valence-corrected chi connectivity index (χ0v) is 9.17. The molecule has 0 aliphatic carbocycles. The van der Waals surface area contributed by atoms with Gasteiger partial charge in [0.25, 0.3) is 0 Å². The van der Waals surface area contributed by atoms with E-state index in [1.807, 2.05) is 0 Å². The van der Waals surface area contributed by atoms with Crippen molar-refractivity contribution in [3.05, 3.63) is 17.1 Å². The summed E-state index contributed by atoms with van der Waals surface area (Å²) in [5.74, 6) is 0. The van der Waals surface area contributed by atoms with Crippen molar-refractivity contribution in [3.63, 3.8) is 0 Å². The van der Waals surface area contributed by atoms with Gasteiger partial charge in [0.2, 0.25) is 0 Å². The highest BCUT2D eigenvalue weighted by molar-refractivity contribution is 7.58. The Hall–Kier alpha value is -0.370. The number of aliphatic hydroxyl groups excluding tert-OH is 1. The molecule has 5 heteroatoms. The van der Waals surface area contributed by atoms with E-state index in [9.17, 15) is 9.67 Å². The maximum Gasteiger partial charge on any atom is 0.367 e. The van der Waals surface area contributed by atoms with E-state index in [4.69, 9.17) is 9.05 Å². The van der Waals surface area contributed by atoms with Gasteiger partial charge in [0.15, 0.2) is 0 Å². The lowest BCUT2D eigenvalue weighted by Crippen LogP contribution is -2.06. The third-order valence-corrected chi connectivity index (χ3v) is 3.52. The lowest BCUT2D eigenvalue weighted by Gasteiger charge is -2.17. The Labute approximate surface area is 78.4 Å². The Balaban J connectivity index is 5.18. The van der Waals surface area contributed by atoms with Gasteiger partial charge in [-0.1, -0.05) is 0 Å². The summed E-state index contributed by atoms with van der Waals surface area (Å²) in [6, 6.07) is 0. The fourth-order valence-electron chi connectivity index (χ4n) is 0.848. The molecule has 13 heavy (non-hydrogen) atoms. The van der Waals surface area contributed by atoms with Gasteiger partial charge in [-0.05, 0) is 19.9 Å². The van der Waals surface area contributed by atoms with Crippen LogP contribution in [0.2, 0.25) is 0 Å². The molecule has 1 atom stereocenters. The molecule has 0 aromatic heterocycles. The Kier molecular flexibility index (Phi) is 5.23. The van der Waals surface area contributed by atoms with Crippen LogP contribution in [0.1, 0.15) is 13.8 Å². The Morgan fingerprint density at radius 3 is 2.23 bits per heavy atom. The van der Waals surface area contributed by atoms with Crippen molar-refractivity contribution in [1.82, 2.24) is 0 Å². The second-order valence-electron chi connectivity index (χ2n) is 2.36. The van der Waals surface area contributed by atoms with Crippen LogP contribution < -0.4 is 0 Å². The average Bonchev–Trinajstić information content (AvgIpc) is 2.12. The van der Waals surface area contributed by atoms with Crippen LogP contribution in [0, 0.1) is 0 Å². The van der Waals surface area contributed by atoms with Crippen LogP contribution in [0.25, 0.3) is 0 Å². The third-order valence-electron chi connectivity index (χ3n) is 1.46. The van der Waals surface area contributed by atoms with Gasteiger partial charge >= 0.3 is 7.60 Å². The maximum absolute atomic E-state index is 11.8. The first-order chi connectivity index (χ1) is 6.01. The summed E-state index contributed by atoms with van der Waals surface area (Å²) in [6.45, 7) is 3.19. The summed E-state index contributed by atoms with van der Waals surface area (Å²) in [4.78, 5) is 0. The van der Waals surface area contributed by atoms with Crippen molar-refractivity contribution in [1.29, 1.82) is 0 Å². The molecule has 1 N–H and O–H groups in total. The Morgan fingerprint density at radius 1 is 1.54 bits per heavy atom. The van der Waals surface area contributed by atoms with Crippen molar-refractivity contribution >= 4 is 7.60 Å². The van der Waals surface area contributed by atoms with E-state index in [-0.39, 0.29) is 5.31 Å². The molecule has 0 saturated carbocycles. The van der Waals surface area contributed by atoms with E-state index in [2.05, 4.69) is 5.73 Å². The average molecular weight is 206 g/mol. The van der Waals surface area contributed by atoms with E-state index >= 15 is 0 Å². The fourth-order valence-corrected chi connectivity index (χ4v) is 2.13. The van der Waals surface area contributed by atoms with Gasteiger partial charge in [-0.15, -0.1) is 5.73 Å². The van der Waals surface area contributed by atoms with Crippen molar-refractivity contribution in [2.45, 2.75) is 20.0 Å². The lowest BCUT2D eigenvalue weighted by atomic mass is 10.4. The SMILES string of the molecule is CC=C=C(C(C)O)P(=O)(OC)OC. The summed E-state index contributed by atoms with van der Waals surface area (Å²) in [5, 5.41) is 9.43. The summed E-state index contributed by atoms with van der Waals surface area (Å²) < 4.78 is 21.2. The highest BCUT2D eigenvalue weighted by atomic mass is 31.2. The minimum Gasteiger partial charge on any atom is -0.388 e. The van der Waals surface area contributed by atoms with Crippen LogP contribution >= 0.6 is 7.60 Å². The molecule has 0 rings (SSSR count). The molecule has 76 valence electrons. The van der Waals surface area contributed by atoms with Crippen LogP contribution in [0.15, 0.2) is 17.1 Å². The first-order valence-corrected chi connectivity index (χ1v) is 5.37. The lowest BCUT2D eigenvalue weighted by molar-refractivity contribution is 0.222. The molecule has 0 radical (unpaired) electrons. The summed E-state index contributed by atoms with van der Waals surface area (Å²) in [7, 11) is -0.804. The minimum atomic E-state index is -3.34. The van der Waals surface area contributed by atoms with E-state index in [1.165, 1.54) is 21.1 Å². The molecule has 0 bridgehead atoms. The highest BCUT2D eigenvalue weighted by Crippen LogP contribution is 2.55. The molecule has 0 aliphatic heterocycles. The van der Waals surface area contributed by atoms with Crippen LogP contribution in [-0.2, 0) is 13.6 Å². The molecule has 0 heterocycles. The molecule has 0 spiro atoms. The van der Waals surface area contributed by atoms with Crippen LogP contribution in [0.3, 0.4) is 0 Å². The van der Waals surface area contributed by atoms with Crippen LogP contribution in [0.5, 0.6) is 0 Å². The molecule has 0 aliphatic rings. The zero-order chi connectivity index (χ0) is 10.5. The first-order valence-electron chi connectivity index (χ1n) is 3.83. The molecule has 4 nitrogen and oxygen atoms in total. The third kappa shape index (κ3) is 3.11. The number of hydrogen-bond acceptors (Lipinski definition) is 4. The van der Waals surface area contributed by atoms with Gasteiger partial charge in [-0.3, -0.25) is 4.57 Å². The van der Waals surface area contributed by atoms with E-state index in [0.717, 1.165) is 0 Å². The van der Waals surface area contributed by atoms with Crippen molar-refractivity contribution in [3.8, 4) is 0 Å². The maximum atomic E-state index is 11.8. The minimum absolute atomic E-state index is 0.139. The molecule has 0 saturated heterocycles. The second-order valence-corrected chi connectivity index (χ2v) is 4.56. The van der Waals surface area contributed by atoms with Gasteiger partial charge in [-0.25, -0.2) is 0 Å². The number of rotatable bonds is 4. The van der Waals surface area contributed by atoms with Crippen LogP contribution in [-0.4, -0.2) is 25.4 Å². The smallest absolute Gasteiger partial charge is 0.367 e. The Bertz CT molecular complexity index is 255. The summed E-state index contributed by atoms with van der Waals surface area (Å²) in [5.41, 5.74) is 2.65. The normalized spacial score (nSPS) is 13.3. The molecular weight excluding hydrogens is 191 g/mol. The van der Waals surface area contributed by atoms with E-state index < -0.39 is 13.7 Å². The van der Waals surface area contributed by atoms with Crippen molar-refractivity contribution < 1.29 is 18.7 Å². The topological polar surface area (TPSA) is 55.8 Å². The highest BCUT2D eigenvalue weighted by Gasteiger charge is 2.30. The molecule has 0 amide bonds. The van der Waals surface area contributed by atoms with Gasteiger partial charge < -0.3 is 14.2 Å². The quantitative estimate of drug-likeness (QED) is 0.564.